The van der Waals surface area contributed by atoms with Gasteiger partial charge in [-0.25, -0.2) is 4.68 Å². The van der Waals surface area contributed by atoms with E-state index in [4.69, 9.17) is 34.8 Å². The molecular weight excluding hydrogens is 507 g/mol. The normalized spacial score (nSPS) is 12.5. The van der Waals surface area contributed by atoms with Crippen molar-refractivity contribution in [3.63, 3.8) is 0 Å². The van der Waals surface area contributed by atoms with E-state index in [0.29, 0.717) is 32.0 Å². The van der Waals surface area contributed by atoms with E-state index in [-0.39, 0.29) is 17.6 Å². The van der Waals surface area contributed by atoms with E-state index in [1.165, 1.54) is 0 Å². The van der Waals surface area contributed by atoms with Crippen LogP contribution in [0.2, 0.25) is 15.1 Å². The molecule has 0 fully saturated rings. The minimum Gasteiger partial charge on any atom is -0.352 e. The predicted octanol–water partition coefficient (Wildman–Crippen LogP) is 6.48. The van der Waals surface area contributed by atoms with Gasteiger partial charge in [-0.05, 0) is 56.5 Å². The molecule has 1 heterocycles. The summed E-state index contributed by atoms with van der Waals surface area (Å²) in [6.45, 7) is 11.3. The van der Waals surface area contributed by atoms with Gasteiger partial charge in [0.2, 0.25) is 5.91 Å². The summed E-state index contributed by atoms with van der Waals surface area (Å²) in [7, 11) is 0. The van der Waals surface area contributed by atoms with Crippen molar-refractivity contribution >= 4 is 46.6 Å². The number of carbonyl (C=O) groups excluding carboxylic acids is 2. The number of amides is 2. The van der Waals surface area contributed by atoms with Crippen LogP contribution in [0, 0.1) is 12.3 Å². The highest BCUT2D eigenvalue weighted by Crippen LogP contribution is 2.33. The predicted molar refractivity (Wildman–Crippen MR) is 143 cm³/mol. The third kappa shape index (κ3) is 6.18. The molecule has 35 heavy (non-hydrogen) atoms. The Morgan fingerprint density at radius 2 is 1.54 bits per heavy atom. The lowest BCUT2D eigenvalue weighted by molar-refractivity contribution is -0.125. The second-order valence-corrected chi connectivity index (χ2v) is 11.1. The zero-order chi connectivity index (χ0) is 26.1. The van der Waals surface area contributed by atoms with Crippen LogP contribution < -0.4 is 10.6 Å². The first-order valence-corrected chi connectivity index (χ1v) is 12.3. The van der Waals surface area contributed by atoms with Gasteiger partial charge in [0, 0.05) is 27.2 Å². The van der Waals surface area contributed by atoms with Crippen molar-refractivity contribution in [1.29, 1.82) is 0 Å². The van der Waals surface area contributed by atoms with Crippen LogP contribution >= 0.6 is 34.8 Å². The highest BCUT2D eigenvalue weighted by Gasteiger charge is 2.34. The molecule has 0 saturated heterocycles. The van der Waals surface area contributed by atoms with E-state index in [9.17, 15) is 9.59 Å². The fraction of sp³-hybridized carbons (Fsp3) is 0.346. The first-order chi connectivity index (χ1) is 16.3. The Morgan fingerprint density at radius 3 is 2.09 bits per heavy atom. The van der Waals surface area contributed by atoms with Crippen molar-refractivity contribution in [2.45, 2.75) is 53.6 Å². The molecule has 0 aliphatic carbocycles. The van der Waals surface area contributed by atoms with Gasteiger partial charge in [0.05, 0.1) is 16.4 Å². The fourth-order valence-electron chi connectivity index (χ4n) is 3.73. The van der Waals surface area contributed by atoms with Crippen molar-refractivity contribution in [3.8, 4) is 16.9 Å². The number of rotatable bonds is 6. The van der Waals surface area contributed by atoms with Gasteiger partial charge in [0.1, 0.15) is 6.04 Å². The summed E-state index contributed by atoms with van der Waals surface area (Å²) in [5.74, 6) is -0.711. The number of nitrogens with one attached hydrogen (secondary N) is 2. The molecule has 0 saturated carbocycles. The van der Waals surface area contributed by atoms with Crippen molar-refractivity contribution in [1.82, 2.24) is 20.4 Å². The molecule has 6 nitrogen and oxygen atoms in total. The standard InChI is InChI=1S/C26H29Cl3N4O2/c1-14(2)30-25(35)23(26(4,5)6)31-24(34)21-15(3)22(16-7-9-17(27)10-8-16)33(32-21)20-12-11-18(28)13-19(20)29/h7-14,23H,1-6H3,(H,30,35)(H,31,34). The molecule has 2 aromatic carbocycles. The largest absolute Gasteiger partial charge is 0.352 e. The van der Waals surface area contributed by atoms with Gasteiger partial charge in [0.15, 0.2) is 5.69 Å². The highest BCUT2D eigenvalue weighted by molar-refractivity contribution is 6.35. The van der Waals surface area contributed by atoms with Crippen molar-refractivity contribution < 1.29 is 9.59 Å². The van der Waals surface area contributed by atoms with Crippen LogP contribution in [0.15, 0.2) is 42.5 Å². The molecule has 2 amide bonds. The van der Waals surface area contributed by atoms with Gasteiger partial charge in [-0.15, -0.1) is 0 Å². The van der Waals surface area contributed by atoms with Gasteiger partial charge in [0.25, 0.3) is 5.91 Å². The average Bonchev–Trinajstić information content (AvgIpc) is 3.08. The monoisotopic (exact) mass is 534 g/mol. The Hall–Kier alpha value is -2.54. The third-order valence-corrected chi connectivity index (χ3v) is 6.22. The van der Waals surface area contributed by atoms with Gasteiger partial charge < -0.3 is 10.6 Å². The Kier molecular flexibility index (Phi) is 8.20. The number of aromatic nitrogens is 2. The Morgan fingerprint density at radius 1 is 0.943 bits per heavy atom. The first kappa shape index (κ1) is 27.1. The smallest absolute Gasteiger partial charge is 0.272 e. The molecule has 1 aromatic heterocycles. The molecule has 0 spiro atoms. The summed E-state index contributed by atoms with van der Waals surface area (Å²) in [4.78, 5) is 26.4. The molecule has 0 radical (unpaired) electrons. The fourth-order valence-corrected chi connectivity index (χ4v) is 4.34. The molecule has 9 heteroatoms. The van der Waals surface area contributed by atoms with Crippen LogP contribution in [-0.4, -0.2) is 33.7 Å². The maximum Gasteiger partial charge on any atom is 0.272 e. The van der Waals surface area contributed by atoms with Crippen LogP contribution in [0.3, 0.4) is 0 Å². The molecule has 2 N–H and O–H groups in total. The van der Waals surface area contributed by atoms with Gasteiger partial charge >= 0.3 is 0 Å². The number of benzene rings is 2. The van der Waals surface area contributed by atoms with Crippen LogP contribution in [0.25, 0.3) is 16.9 Å². The molecular formula is C26H29Cl3N4O2. The Labute approximate surface area is 220 Å². The van der Waals surface area contributed by atoms with E-state index in [2.05, 4.69) is 15.7 Å². The summed E-state index contributed by atoms with van der Waals surface area (Å²) in [6, 6.07) is 11.5. The minimum absolute atomic E-state index is 0.0613. The van der Waals surface area contributed by atoms with Gasteiger partial charge in [-0.2, -0.15) is 5.10 Å². The minimum atomic E-state index is -0.764. The lowest BCUT2D eigenvalue weighted by Crippen LogP contribution is -2.54. The zero-order valence-corrected chi connectivity index (χ0v) is 22.8. The maximum absolute atomic E-state index is 13.5. The summed E-state index contributed by atoms with van der Waals surface area (Å²) in [5, 5.41) is 11.9. The third-order valence-electron chi connectivity index (χ3n) is 5.43. The molecule has 0 bridgehead atoms. The topological polar surface area (TPSA) is 76.0 Å². The molecule has 3 aromatic rings. The second kappa shape index (κ2) is 10.6. The van der Waals surface area contributed by atoms with Crippen LogP contribution in [-0.2, 0) is 4.79 Å². The summed E-state index contributed by atoms with van der Waals surface area (Å²) < 4.78 is 1.62. The first-order valence-electron chi connectivity index (χ1n) is 11.2. The molecule has 0 aliphatic rings. The number of halogens is 3. The van der Waals surface area contributed by atoms with E-state index in [1.54, 1.807) is 35.0 Å². The summed E-state index contributed by atoms with van der Waals surface area (Å²) in [5.41, 5.74) is 2.33. The molecule has 186 valence electrons. The number of hydrogen-bond donors (Lipinski definition) is 2. The molecule has 0 aliphatic heterocycles. The second-order valence-electron chi connectivity index (χ2n) is 9.77. The highest BCUT2D eigenvalue weighted by atomic mass is 35.5. The van der Waals surface area contributed by atoms with E-state index >= 15 is 0 Å². The molecule has 3 rings (SSSR count). The van der Waals surface area contributed by atoms with Crippen LogP contribution in [0.5, 0.6) is 0 Å². The van der Waals surface area contributed by atoms with Crippen molar-refractivity contribution in [3.05, 3.63) is 68.8 Å². The van der Waals surface area contributed by atoms with Gasteiger partial charge in [-0.1, -0.05) is 67.7 Å². The number of nitrogens with zero attached hydrogens (tertiary/aromatic N) is 2. The number of hydrogen-bond acceptors (Lipinski definition) is 3. The van der Waals surface area contributed by atoms with E-state index < -0.39 is 17.4 Å². The van der Waals surface area contributed by atoms with E-state index in [1.807, 2.05) is 53.7 Å². The van der Waals surface area contributed by atoms with Crippen LogP contribution in [0.1, 0.15) is 50.7 Å². The molecule has 1 atom stereocenters. The Balaban J connectivity index is 2.12. The molecule has 1 unspecified atom stereocenters. The zero-order valence-electron chi connectivity index (χ0n) is 20.5. The summed E-state index contributed by atoms with van der Waals surface area (Å²) >= 11 is 18.7. The van der Waals surface area contributed by atoms with Crippen molar-refractivity contribution in [2.24, 2.45) is 5.41 Å². The van der Waals surface area contributed by atoms with Gasteiger partial charge in [-0.3, -0.25) is 9.59 Å². The number of carbonyl (C=O) groups is 2. The van der Waals surface area contributed by atoms with Crippen LogP contribution in [0.4, 0.5) is 0 Å². The quantitative estimate of drug-likeness (QED) is 0.379. The van der Waals surface area contributed by atoms with Crippen molar-refractivity contribution in [2.75, 3.05) is 0 Å². The lowest BCUT2D eigenvalue weighted by atomic mass is 9.85. The Bertz CT molecular complexity index is 1240. The average molecular weight is 536 g/mol. The van der Waals surface area contributed by atoms with E-state index in [0.717, 1.165) is 5.56 Å². The lowest BCUT2D eigenvalue weighted by Gasteiger charge is -2.30. The maximum atomic E-state index is 13.5. The summed E-state index contributed by atoms with van der Waals surface area (Å²) in [6.07, 6.45) is 0. The SMILES string of the molecule is Cc1c(C(=O)NC(C(=O)NC(C)C)C(C)(C)C)nn(-c2ccc(Cl)cc2Cl)c1-c1ccc(Cl)cc1.